The van der Waals surface area contributed by atoms with Crippen LogP contribution in [0, 0.1) is 17.0 Å². The van der Waals surface area contributed by atoms with Crippen LogP contribution in [-0.4, -0.2) is 22.5 Å². The lowest BCUT2D eigenvalue weighted by Gasteiger charge is -2.03. The molecule has 1 N–H and O–H groups in total. The Labute approximate surface area is 115 Å². The number of rotatable bonds is 5. The van der Waals surface area contributed by atoms with E-state index < -0.39 is 4.92 Å². The van der Waals surface area contributed by atoms with Crippen molar-refractivity contribution in [3.8, 4) is 0 Å². The molecule has 0 atom stereocenters. The van der Waals surface area contributed by atoms with E-state index in [1.165, 1.54) is 6.07 Å². The van der Waals surface area contributed by atoms with Crippen molar-refractivity contribution in [2.75, 3.05) is 6.61 Å². The molecule has 106 valence electrons. The van der Waals surface area contributed by atoms with Crippen molar-refractivity contribution < 1.29 is 14.5 Å². The number of benzene rings is 1. The Morgan fingerprint density at radius 2 is 2.20 bits per heavy atom. The van der Waals surface area contributed by atoms with Crippen LogP contribution in [0.2, 0.25) is 0 Å². The second-order valence-electron chi connectivity index (χ2n) is 4.51. The molecule has 0 radical (unpaired) electrons. The van der Waals surface area contributed by atoms with Gasteiger partial charge in [0, 0.05) is 35.2 Å². The smallest absolute Gasteiger partial charge is 0.306 e. The molecule has 0 fully saturated rings. The number of aromatic nitrogens is 1. The Hall–Kier alpha value is -2.37. The summed E-state index contributed by atoms with van der Waals surface area (Å²) < 4.78 is 4.89. The third-order valence-electron chi connectivity index (χ3n) is 3.26. The van der Waals surface area contributed by atoms with Gasteiger partial charge in [0.15, 0.2) is 0 Å². The number of carbonyl (C=O) groups is 1. The van der Waals surface area contributed by atoms with Gasteiger partial charge in [-0.25, -0.2) is 0 Å². The van der Waals surface area contributed by atoms with Gasteiger partial charge in [0.2, 0.25) is 0 Å². The van der Waals surface area contributed by atoms with E-state index in [2.05, 4.69) is 4.98 Å². The van der Waals surface area contributed by atoms with Crippen LogP contribution in [-0.2, 0) is 16.0 Å². The Morgan fingerprint density at radius 3 is 2.85 bits per heavy atom. The van der Waals surface area contributed by atoms with Crippen molar-refractivity contribution in [3.63, 3.8) is 0 Å². The molecule has 0 saturated heterocycles. The van der Waals surface area contributed by atoms with Crippen molar-refractivity contribution in [1.82, 2.24) is 4.98 Å². The van der Waals surface area contributed by atoms with E-state index in [-0.39, 0.29) is 18.1 Å². The molecule has 0 amide bonds. The molecule has 6 heteroatoms. The van der Waals surface area contributed by atoms with Crippen LogP contribution < -0.4 is 0 Å². The monoisotopic (exact) mass is 276 g/mol. The van der Waals surface area contributed by atoms with E-state index in [1.54, 1.807) is 26.1 Å². The zero-order valence-corrected chi connectivity index (χ0v) is 11.4. The van der Waals surface area contributed by atoms with Crippen LogP contribution in [0.3, 0.4) is 0 Å². The van der Waals surface area contributed by atoms with E-state index >= 15 is 0 Å². The normalized spacial score (nSPS) is 10.7. The highest BCUT2D eigenvalue weighted by Gasteiger charge is 2.17. The van der Waals surface area contributed by atoms with Gasteiger partial charge in [-0.15, -0.1) is 0 Å². The topological polar surface area (TPSA) is 85.2 Å². The van der Waals surface area contributed by atoms with Gasteiger partial charge in [-0.2, -0.15) is 0 Å². The zero-order chi connectivity index (χ0) is 14.7. The van der Waals surface area contributed by atoms with Gasteiger partial charge >= 0.3 is 5.97 Å². The minimum atomic E-state index is -0.392. The number of ether oxygens (including phenoxy) is 1. The summed E-state index contributed by atoms with van der Waals surface area (Å²) in [6.07, 6.45) is 2.56. The first-order valence-corrected chi connectivity index (χ1v) is 6.44. The van der Waals surface area contributed by atoms with Crippen molar-refractivity contribution in [3.05, 3.63) is 39.6 Å². The summed E-state index contributed by atoms with van der Waals surface area (Å²) in [5.74, 6) is -0.259. The largest absolute Gasteiger partial charge is 0.466 e. The van der Waals surface area contributed by atoms with Crippen LogP contribution in [0.5, 0.6) is 0 Å². The summed E-state index contributed by atoms with van der Waals surface area (Å²) in [6.45, 7) is 3.84. The standard InChI is InChI=1S/C14H16N2O4/c1-3-20-13(17)7-4-10-8-15-11-5-6-12(16(18)19)9(2)14(10)11/h5-6,8,15H,3-4,7H2,1-2H3. The molecule has 20 heavy (non-hydrogen) atoms. The van der Waals surface area contributed by atoms with Gasteiger partial charge in [0.1, 0.15) is 0 Å². The highest BCUT2D eigenvalue weighted by molar-refractivity contribution is 5.89. The van der Waals surface area contributed by atoms with Crippen molar-refractivity contribution >= 4 is 22.6 Å². The number of carbonyl (C=O) groups excluding carboxylic acids is 1. The summed E-state index contributed by atoms with van der Waals surface area (Å²) >= 11 is 0. The van der Waals surface area contributed by atoms with Gasteiger partial charge in [-0.3, -0.25) is 14.9 Å². The molecule has 2 aromatic rings. The lowest BCUT2D eigenvalue weighted by Crippen LogP contribution is -2.05. The second kappa shape index (κ2) is 5.73. The van der Waals surface area contributed by atoms with Crippen molar-refractivity contribution in [1.29, 1.82) is 0 Å². The molecule has 1 aromatic heterocycles. The van der Waals surface area contributed by atoms with E-state index in [0.29, 0.717) is 18.6 Å². The molecule has 6 nitrogen and oxygen atoms in total. The van der Waals surface area contributed by atoms with Gasteiger partial charge in [0.05, 0.1) is 11.5 Å². The number of hydrogen-bond donors (Lipinski definition) is 1. The fourth-order valence-electron chi connectivity index (χ4n) is 2.34. The molecule has 0 aliphatic carbocycles. The van der Waals surface area contributed by atoms with Crippen molar-refractivity contribution in [2.45, 2.75) is 26.7 Å². The predicted molar refractivity (Wildman–Crippen MR) is 74.6 cm³/mol. The maximum Gasteiger partial charge on any atom is 0.306 e. The van der Waals surface area contributed by atoms with Crippen molar-refractivity contribution in [2.24, 2.45) is 0 Å². The molecule has 0 saturated carbocycles. The fraction of sp³-hybridized carbons (Fsp3) is 0.357. The van der Waals surface area contributed by atoms with E-state index in [9.17, 15) is 14.9 Å². The molecular formula is C14H16N2O4. The number of fused-ring (bicyclic) bond motifs is 1. The maximum atomic E-state index is 11.4. The summed E-state index contributed by atoms with van der Waals surface area (Å²) in [6, 6.07) is 3.18. The zero-order valence-electron chi connectivity index (χ0n) is 11.4. The molecule has 0 aliphatic heterocycles. The predicted octanol–water partition coefficient (Wildman–Crippen LogP) is 2.88. The van der Waals surface area contributed by atoms with Crippen LogP contribution in [0.1, 0.15) is 24.5 Å². The fourth-order valence-corrected chi connectivity index (χ4v) is 2.34. The minimum Gasteiger partial charge on any atom is -0.466 e. The van der Waals surface area contributed by atoms with Crippen LogP contribution >= 0.6 is 0 Å². The lowest BCUT2D eigenvalue weighted by atomic mass is 10.0. The van der Waals surface area contributed by atoms with E-state index in [0.717, 1.165) is 16.5 Å². The van der Waals surface area contributed by atoms with Crippen LogP contribution in [0.15, 0.2) is 18.3 Å². The number of aryl methyl sites for hydroxylation is 2. The first kappa shape index (κ1) is 14.0. The summed E-state index contributed by atoms with van der Waals surface area (Å²) in [5.41, 5.74) is 2.45. The third-order valence-corrected chi connectivity index (χ3v) is 3.26. The average molecular weight is 276 g/mol. The Balaban J connectivity index is 2.32. The third kappa shape index (κ3) is 2.64. The number of nitrogens with one attached hydrogen (secondary N) is 1. The van der Waals surface area contributed by atoms with Gasteiger partial charge < -0.3 is 9.72 Å². The SMILES string of the molecule is CCOC(=O)CCc1c[nH]c2ccc([N+](=O)[O-])c(C)c12. The second-order valence-corrected chi connectivity index (χ2v) is 4.51. The molecule has 1 heterocycles. The van der Waals surface area contributed by atoms with Crippen LogP contribution in [0.25, 0.3) is 10.9 Å². The van der Waals surface area contributed by atoms with Crippen LogP contribution in [0.4, 0.5) is 5.69 Å². The molecular weight excluding hydrogens is 260 g/mol. The van der Waals surface area contributed by atoms with Gasteiger partial charge in [-0.1, -0.05) is 0 Å². The number of nitro benzene ring substituents is 1. The number of esters is 1. The molecule has 1 aromatic carbocycles. The number of aromatic amines is 1. The van der Waals surface area contributed by atoms with Gasteiger partial charge in [-0.05, 0) is 31.9 Å². The molecule has 0 aliphatic rings. The Kier molecular flexibility index (Phi) is 4.02. The van der Waals surface area contributed by atoms with E-state index in [1.807, 2.05) is 0 Å². The Bertz CT molecular complexity index is 660. The quantitative estimate of drug-likeness (QED) is 0.517. The molecule has 0 unspecified atom stereocenters. The summed E-state index contributed by atoms with van der Waals surface area (Å²) in [4.78, 5) is 25.0. The number of H-pyrrole nitrogens is 1. The molecule has 2 rings (SSSR count). The number of nitro groups is 1. The molecule has 0 bridgehead atoms. The number of nitrogens with zero attached hydrogens (tertiary/aromatic N) is 1. The minimum absolute atomic E-state index is 0.0921. The number of hydrogen-bond acceptors (Lipinski definition) is 4. The first-order chi connectivity index (χ1) is 9.54. The summed E-state index contributed by atoms with van der Waals surface area (Å²) in [7, 11) is 0. The maximum absolute atomic E-state index is 11.4. The highest BCUT2D eigenvalue weighted by atomic mass is 16.6. The average Bonchev–Trinajstić information content (AvgIpc) is 2.80. The lowest BCUT2D eigenvalue weighted by molar-refractivity contribution is -0.385. The van der Waals surface area contributed by atoms with E-state index in [4.69, 9.17) is 4.74 Å². The highest BCUT2D eigenvalue weighted by Crippen LogP contribution is 2.30. The summed E-state index contributed by atoms with van der Waals surface area (Å²) in [5, 5.41) is 11.8. The molecule has 0 spiro atoms. The first-order valence-electron chi connectivity index (χ1n) is 6.44. The Morgan fingerprint density at radius 1 is 1.45 bits per heavy atom. The van der Waals surface area contributed by atoms with Gasteiger partial charge in [0.25, 0.3) is 5.69 Å².